The molecule has 1 heterocycles. The van der Waals surface area contributed by atoms with Gasteiger partial charge in [-0.3, -0.25) is 0 Å². The Hall–Kier alpha value is -1.86. The first-order valence-electron chi connectivity index (χ1n) is 6.84. The van der Waals surface area contributed by atoms with Crippen LogP contribution in [0.1, 0.15) is 30.0 Å². The van der Waals surface area contributed by atoms with Crippen LogP contribution >= 0.6 is 0 Å². The normalized spacial score (nSPS) is 18.4. The van der Waals surface area contributed by atoms with Crippen LogP contribution in [0.25, 0.3) is 0 Å². The number of sulfonamides is 1. The van der Waals surface area contributed by atoms with E-state index in [1.807, 2.05) is 18.2 Å². The zero-order valence-corrected chi connectivity index (χ0v) is 12.6. The van der Waals surface area contributed by atoms with Gasteiger partial charge in [-0.15, -0.1) is 0 Å². The summed E-state index contributed by atoms with van der Waals surface area (Å²) in [6.07, 6.45) is 5.62. The number of hydrogen-bond acceptors (Lipinski definition) is 4. The van der Waals surface area contributed by atoms with Crippen LogP contribution in [0, 0.1) is 0 Å². The summed E-state index contributed by atoms with van der Waals surface area (Å²) in [5, 5.41) is 0.0487. The number of imidazole rings is 1. The Bertz CT molecular complexity index is 767. The molecule has 0 saturated heterocycles. The Labute approximate surface area is 124 Å². The first kappa shape index (κ1) is 14.1. The summed E-state index contributed by atoms with van der Waals surface area (Å²) >= 11 is 0. The SMILES string of the molecule is Cn1cnc(S(=O)(=O)NC2CCCc3cc(N)ccc32)c1. The van der Waals surface area contributed by atoms with Crippen LogP contribution in [0.2, 0.25) is 0 Å². The van der Waals surface area contributed by atoms with Crippen molar-refractivity contribution in [3.63, 3.8) is 0 Å². The predicted molar refractivity (Wildman–Crippen MR) is 80.1 cm³/mol. The second-order valence-corrected chi connectivity index (χ2v) is 7.06. The third-order valence-electron chi connectivity index (χ3n) is 3.74. The summed E-state index contributed by atoms with van der Waals surface area (Å²) in [5.41, 5.74) is 8.64. The van der Waals surface area contributed by atoms with Crippen LogP contribution < -0.4 is 10.5 Å². The Morgan fingerprint density at radius 2 is 2.24 bits per heavy atom. The van der Waals surface area contributed by atoms with E-state index in [9.17, 15) is 8.42 Å². The van der Waals surface area contributed by atoms with Gasteiger partial charge in [-0.2, -0.15) is 0 Å². The van der Waals surface area contributed by atoms with Crippen LogP contribution in [0.5, 0.6) is 0 Å². The molecule has 0 radical (unpaired) electrons. The lowest BCUT2D eigenvalue weighted by Gasteiger charge is -2.26. The van der Waals surface area contributed by atoms with Crippen molar-refractivity contribution < 1.29 is 8.42 Å². The lowest BCUT2D eigenvalue weighted by molar-refractivity contribution is 0.506. The van der Waals surface area contributed by atoms with Gasteiger partial charge in [0, 0.05) is 25.0 Å². The molecule has 0 amide bonds. The third kappa shape index (κ3) is 2.79. The van der Waals surface area contributed by atoms with E-state index in [-0.39, 0.29) is 11.1 Å². The lowest BCUT2D eigenvalue weighted by Crippen LogP contribution is -2.31. The van der Waals surface area contributed by atoms with Crippen LogP contribution in [0.15, 0.2) is 35.7 Å². The number of aromatic nitrogens is 2. The molecule has 112 valence electrons. The van der Waals surface area contributed by atoms with Crippen molar-refractivity contribution >= 4 is 15.7 Å². The number of fused-ring (bicyclic) bond motifs is 1. The average Bonchev–Trinajstić information content (AvgIpc) is 2.86. The van der Waals surface area contributed by atoms with Crippen molar-refractivity contribution in [2.75, 3.05) is 5.73 Å². The van der Waals surface area contributed by atoms with Crippen LogP contribution in [0.4, 0.5) is 5.69 Å². The number of hydrogen-bond donors (Lipinski definition) is 2. The average molecular weight is 306 g/mol. The zero-order chi connectivity index (χ0) is 15.0. The van der Waals surface area contributed by atoms with Gasteiger partial charge in [-0.05, 0) is 42.5 Å². The molecule has 3 rings (SSSR count). The minimum atomic E-state index is -3.61. The maximum absolute atomic E-state index is 12.4. The second kappa shape index (κ2) is 5.16. The van der Waals surface area contributed by atoms with Crippen molar-refractivity contribution in [3.8, 4) is 0 Å². The van der Waals surface area contributed by atoms with Gasteiger partial charge in [0.1, 0.15) is 0 Å². The minimum Gasteiger partial charge on any atom is -0.399 e. The van der Waals surface area contributed by atoms with Crippen LogP contribution in [-0.2, 0) is 23.5 Å². The highest BCUT2D eigenvalue weighted by atomic mass is 32.2. The molecule has 1 aromatic carbocycles. The molecule has 3 N–H and O–H groups in total. The molecule has 0 spiro atoms. The molecule has 1 unspecified atom stereocenters. The standard InChI is InChI=1S/C14H18N4O2S/c1-18-8-14(16-9-18)21(19,20)17-13-4-2-3-10-7-11(15)5-6-12(10)13/h5-9,13,17H,2-4,15H2,1H3. The van der Waals surface area contributed by atoms with E-state index < -0.39 is 10.0 Å². The largest absolute Gasteiger partial charge is 0.399 e. The number of anilines is 1. The van der Waals surface area contributed by atoms with Gasteiger partial charge in [-0.25, -0.2) is 18.1 Å². The molecule has 0 saturated carbocycles. The third-order valence-corrected chi connectivity index (χ3v) is 5.09. The molecule has 7 heteroatoms. The van der Waals surface area contributed by atoms with Crippen LogP contribution in [0.3, 0.4) is 0 Å². The Morgan fingerprint density at radius 3 is 2.95 bits per heavy atom. The molecule has 21 heavy (non-hydrogen) atoms. The van der Waals surface area contributed by atoms with Crippen molar-refractivity contribution in [1.82, 2.24) is 14.3 Å². The van der Waals surface area contributed by atoms with Gasteiger partial charge in [0.2, 0.25) is 0 Å². The number of benzene rings is 1. The van der Waals surface area contributed by atoms with Crippen molar-refractivity contribution in [1.29, 1.82) is 0 Å². The number of nitrogens with zero attached hydrogens (tertiary/aromatic N) is 2. The highest BCUT2D eigenvalue weighted by molar-refractivity contribution is 7.89. The fraction of sp³-hybridized carbons (Fsp3) is 0.357. The summed E-state index contributed by atoms with van der Waals surface area (Å²) in [5.74, 6) is 0. The van der Waals surface area contributed by atoms with Crippen molar-refractivity contribution in [3.05, 3.63) is 41.9 Å². The number of rotatable bonds is 3. The van der Waals surface area contributed by atoms with E-state index in [4.69, 9.17) is 5.73 Å². The Morgan fingerprint density at radius 1 is 1.43 bits per heavy atom. The zero-order valence-electron chi connectivity index (χ0n) is 11.8. The highest BCUT2D eigenvalue weighted by Gasteiger charge is 2.27. The molecule has 0 fully saturated rings. The first-order valence-corrected chi connectivity index (χ1v) is 8.32. The summed E-state index contributed by atoms with van der Waals surface area (Å²) in [7, 11) is -1.86. The summed E-state index contributed by atoms with van der Waals surface area (Å²) in [6.45, 7) is 0. The van der Waals surface area contributed by atoms with Gasteiger partial charge in [0.25, 0.3) is 10.0 Å². The molecule has 0 bridgehead atoms. The van der Waals surface area contributed by atoms with E-state index in [2.05, 4.69) is 9.71 Å². The molecule has 6 nitrogen and oxygen atoms in total. The highest BCUT2D eigenvalue weighted by Crippen LogP contribution is 2.32. The van der Waals surface area contributed by atoms with E-state index in [0.29, 0.717) is 5.69 Å². The van der Waals surface area contributed by atoms with Gasteiger partial charge >= 0.3 is 0 Å². The van der Waals surface area contributed by atoms with Crippen LogP contribution in [-0.4, -0.2) is 18.0 Å². The topological polar surface area (TPSA) is 90.0 Å². The Kier molecular flexibility index (Phi) is 3.46. The van der Waals surface area contributed by atoms with E-state index >= 15 is 0 Å². The maximum Gasteiger partial charge on any atom is 0.260 e. The summed E-state index contributed by atoms with van der Waals surface area (Å²) < 4.78 is 29.1. The molecule has 1 aliphatic carbocycles. The minimum absolute atomic E-state index is 0.0487. The van der Waals surface area contributed by atoms with E-state index in [1.54, 1.807) is 11.6 Å². The molecular weight excluding hydrogens is 288 g/mol. The van der Waals surface area contributed by atoms with E-state index in [0.717, 1.165) is 30.4 Å². The van der Waals surface area contributed by atoms with Gasteiger partial charge < -0.3 is 10.3 Å². The second-order valence-electron chi connectivity index (χ2n) is 5.40. The smallest absolute Gasteiger partial charge is 0.260 e. The first-order chi connectivity index (χ1) is 9.95. The maximum atomic E-state index is 12.4. The molecule has 1 atom stereocenters. The fourth-order valence-electron chi connectivity index (χ4n) is 2.73. The molecule has 1 aromatic heterocycles. The lowest BCUT2D eigenvalue weighted by atomic mass is 9.88. The number of aryl methyl sites for hydroxylation is 2. The Balaban J connectivity index is 1.90. The van der Waals surface area contributed by atoms with E-state index in [1.165, 1.54) is 12.5 Å². The van der Waals surface area contributed by atoms with Gasteiger partial charge in [0.15, 0.2) is 5.03 Å². The number of nitrogens with two attached hydrogens (primary N) is 1. The van der Waals surface area contributed by atoms with Crippen molar-refractivity contribution in [2.45, 2.75) is 30.3 Å². The number of nitrogens with one attached hydrogen (secondary N) is 1. The van der Waals surface area contributed by atoms with Crippen molar-refractivity contribution in [2.24, 2.45) is 7.05 Å². The molecule has 2 aromatic rings. The quantitative estimate of drug-likeness (QED) is 0.838. The molecular formula is C14H18N4O2S. The predicted octanol–water partition coefficient (Wildman–Crippen LogP) is 1.36. The monoisotopic (exact) mass is 306 g/mol. The molecule has 1 aliphatic rings. The molecule has 0 aliphatic heterocycles. The summed E-state index contributed by atoms with van der Waals surface area (Å²) in [6, 6.07) is 5.43. The number of nitrogen functional groups attached to an aromatic ring is 1. The summed E-state index contributed by atoms with van der Waals surface area (Å²) in [4.78, 5) is 3.92. The van der Waals surface area contributed by atoms with Gasteiger partial charge in [-0.1, -0.05) is 6.07 Å². The van der Waals surface area contributed by atoms with Gasteiger partial charge in [0.05, 0.1) is 6.33 Å². The fourth-order valence-corrected chi connectivity index (χ4v) is 3.96.